The summed E-state index contributed by atoms with van der Waals surface area (Å²) in [4.78, 5) is 0. The molecule has 1 saturated heterocycles. The summed E-state index contributed by atoms with van der Waals surface area (Å²) in [6.07, 6.45) is 5.61. The molecule has 1 fully saturated rings. The molecule has 56 valence electrons. The van der Waals surface area contributed by atoms with Gasteiger partial charge in [-0.3, -0.25) is 0 Å². The van der Waals surface area contributed by atoms with Crippen LogP contribution in [0.4, 0.5) is 0 Å². The number of halogens is 1. The van der Waals surface area contributed by atoms with Gasteiger partial charge >= 0.3 is 0 Å². The van der Waals surface area contributed by atoms with Gasteiger partial charge in [-0.25, -0.2) is 0 Å². The van der Waals surface area contributed by atoms with E-state index in [0.717, 1.165) is 6.04 Å². The van der Waals surface area contributed by atoms with E-state index in [1.165, 1.54) is 32.2 Å². The van der Waals surface area contributed by atoms with Crippen LogP contribution in [0.5, 0.6) is 0 Å². The van der Waals surface area contributed by atoms with Crippen LogP contribution in [0.15, 0.2) is 0 Å². The Morgan fingerprint density at radius 3 is 2.78 bits per heavy atom. The molecule has 2 heteroatoms. The lowest BCUT2D eigenvalue weighted by molar-refractivity contribution is 0.550. The molecule has 1 rings (SSSR count). The zero-order valence-electron chi connectivity index (χ0n) is 6.02. The molecule has 0 radical (unpaired) electrons. The molecule has 1 N–H and O–H groups in total. The van der Waals surface area contributed by atoms with Gasteiger partial charge in [0.25, 0.3) is 0 Å². The van der Waals surface area contributed by atoms with Crippen LogP contribution in [0.25, 0.3) is 0 Å². The average molecular weight is 150 g/mol. The predicted molar refractivity (Wildman–Crippen MR) is 43.2 cm³/mol. The first-order valence-electron chi connectivity index (χ1n) is 3.63. The predicted octanol–water partition coefficient (Wildman–Crippen LogP) is 1.96. The Morgan fingerprint density at radius 1 is 1.22 bits per heavy atom. The molecule has 1 aliphatic heterocycles. The summed E-state index contributed by atoms with van der Waals surface area (Å²) < 4.78 is 0. The highest BCUT2D eigenvalue weighted by Gasteiger charge is 2.03. The first-order chi connectivity index (χ1) is 3.89. The van der Waals surface area contributed by atoms with Crippen molar-refractivity contribution >= 4 is 12.4 Å². The van der Waals surface area contributed by atoms with E-state index in [4.69, 9.17) is 0 Å². The topological polar surface area (TPSA) is 12.0 Å². The number of hydrogen-bond acceptors (Lipinski definition) is 1. The monoisotopic (exact) mass is 149 g/mol. The van der Waals surface area contributed by atoms with Gasteiger partial charge in [-0.15, -0.1) is 12.4 Å². The van der Waals surface area contributed by atoms with Gasteiger partial charge in [0.1, 0.15) is 0 Å². The maximum Gasteiger partial charge on any atom is 0.00387 e. The molecule has 1 aliphatic rings. The molecule has 1 atom stereocenters. The van der Waals surface area contributed by atoms with Crippen molar-refractivity contribution in [3.63, 3.8) is 0 Å². The molecule has 1 unspecified atom stereocenters. The molecule has 0 aliphatic carbocycles. The third-order valence-electron chi connectivity index (χ3n) is 1.81. The Bertz CT molecular complexity index is 57.9. The van der Waals surface area contributed by atoms with Gasteiger partial charge in [-0.1, -0.05) is 12.8 Å². The zero-order valence-corrected chi connectivity index (χ0v) is 6.84. The van der Waals surface area contributed by atoms with Crippen molar-refractivity contribution in [3.05, 3.63) is 0 Å². The van der Waals surface area contributed by atoms with E-state index in [1.54, 1.807) is 0 Å². The third-order valence-corrected chi connectivity index (χ3v) is 1.81. The SMILES string of the molecule is CC1CCCCCN1.Cl. The summed E-state index contributed by atoms with van der Waals surface area (Å²) >= 11 is 0. The fraction of sp³-hybridized carbons (Fsp3) is 1.00. The van der Waals surface area contributed by atoms with Gasteiger partial charge in [-0.05, 0) is 26.3 Å². The van der Waals surface area contributed by atoms with Gasteiger partial charge in [0.2, 0.25) is 0 Å². The molecule has 1 nitrogen and oxygen atoms in total. The van der Waals surface area contributed by atoms with E-state index in [-0.39, 0.29) is 12.4 Å². The number of hydrogen-bond donors (Lipinski definition) is 1. The van der Waals surface area contributed by atoms with Crippen molar-refractivity contribution < 1.29 is 0 Å². The summed E-state index contributed by atoms with van der Waals surface area (Å²) in [6, 6.07) is 0.775. The third kappa shape index (κ3) is 3.77. The Morgan fingerprint density at radius 2 is 2.00 bits per heavy atom. The molecule has 9 heavy (non-hydrogen) atoms. The largest absolute Gasteiger partial charge is 0.314 e. The molecule has 1 heterocycles. The Kier molecular flexibility index (Phi) is 5.21. The lowest BCUT2D eigenvalue weighted by Gasteiger charge is -2.06. The summed E-state index contributed by atoms with van der Waals surface area (Å²) in [5, 5.41) is 3.44. The average Bonchev–Trinajstić information content (AvgIpc) is 1.94. The van der Waals surface area contributed by atoms with Gasteiger partial charge in [-0.2, -0.15) is 0 Å². The van der Waals surface area contributed by atoms with E-state index >= 15 is 0 Å². The van der Waals surface area contributed by atoms with Gasteiger partial charge < -0.3 is 5.32 Å². The Hall–Kier alpha value is 0.250. The van der Waals surface area contributed by atoms with Crippen LogP contribution >= 0.6 is 12.4 Å². The minimum Gasteiger partial charge on any atom is -0.314 e. The van der Waals surface area contributed by atoms with Crippen LogP contribution in [0.3, 0.4) is 0 Å². The van der Waals surface area contributed by atoms with E-state index in [1.807, 2.05) is 0 Å². The fourth-order valence-electron chi connectivity index (χ4n) is 1.20. The zero-order chi connectivity index (χ0) is 5.82. The van der Waals surface area contributed by atoms with Crippen molar-refractivity contribution in [2.45, 2.75) is 38.6 Å². The van der Waals surface area contributed by atoms with Crippen LogP contribution in [0.1, 0.15) is 32.6 Å². The molecule has 0 aromatic rings. The van der Waals surface area contributed by atoms with Crippen molar-refractivity contribution in [3.8, 4) is 0 Å². The second-order valence-electron chi connectivity index (χ2n) is 2.70. The maximum absolute atomic E-state index is 3.44. The smallest absolute Gasteiger partial charge is 0.00387 e. The lowest BCUT2D eigenvalue weighted by atomic mass is 10.1. The van der Waals surface area contributed by atoms with E-state index in [2.05, 4.69) is 12.2 Å². The van der Waals surface area contributed by atoms with Crippen LogP contribution in [0, 0.1) is 0 Å². The second-order valence-corrected chi connectivity index (χ2v) is 2.70. The Balaban J connectivity index is 0.000000640. The van der Waals surface area contributed by atoms with Crippen LogP contribution < -0.4 is 5.32 Å². The van der Waals surface area contributed by atoms with Gasteiger partial charge in [0.05, 0.1) is 0 Å². The van der Waals surface area contributed by atoms with Crippen molar-refractivity contribution in [2.75, 3.05) is 6.54 Å². The highest BCUT2D eigenvalue weighted by molar-refractivity contribution is 5.85. The quantitative estimate of drug-likeness (QED) is 0.556. The summed E-state index contributed by atoms with van der Waals surface area (Å²) in [5.41, 5.74) is 0. The lowest BCUT2D eigenvalue weighted by Crippen LogP contribution is -2.24. The molecule has 0 aromatic carbocycles. The summed E-state index contributed by atoms with van der Waals surface area (Å²) in [7, 11) is 0. The van der Waals surface area contributed by atoms with Crippen molar-refractivity contribution in [1.82, 2.24) is 5.32 Å². The Labute approximate surface area is 63.6 Å². The van der Waals surface area contributed by atoms with Crippen molar-refractivity contribution in [2.24, 2.45) is 0 Å². The normalized spacial score (nSPS) is 28.3. The summed E-state index contributed by atoms with van der Waals surface area (Å²) in [6.45, 7) is 3.51. The first kappa shape index (κ1) is 9.25. The maximum atomic E-state index is 3.44. The highest BCUT2D eigenvalue weighted by Crippen LogP contribution is 2.06. The molecular weight excluding hydrogens is 134 g/mol. The van der Waals surface area contributed by atoms with Crippen LogP contribution in [-0.4, -0.2) is 12.6 Å². The van der Waals surface area contributed by atoms with Gasteiger partial charge in [0, 0.05) is 6.04 Å². The molecule has 0 bridgehead atoms. The van der Waals surface area contributed by atoms with E-state index in [9.17, 15) is 0 Å². The van der Waals surface area contributed by atoms with E-state index in [0.29, 0.717) is 0 Å². The number of nitrogens with one attached hydrogen (secondary N) is 1. The highest BCUT2D eigenvalue weighted by atomic mass is 35.5. The molecular formula is C7H16ClN. The first-order valence-corrected chi connectivity index (χ1v) is 3.63. The fourth-order valence-corrected chi connectivity index (χ4v) is 1.20. The minimum atomic E-state index is 0. The second kappa shape index (κ2) is 5.07. The van der Waals surface area contributed by atoms with Crippen LogP contribution in [-0.2, 0) is 0 Å². The van der Waals surface area contributed by atoms with Gasteiger partial charge in [0.15, 0.2) is 0 Å². The van der Waals surface area contributed by atoms with E-state index < -0.39 is 0 Å². The molecule has 0 saturated carbocycles. The molecule has 0 amide bonds. The molecule has 0 aromatic heterocycles. The van der Waals surface area contributed by atoms with Crippen molar-refractivity contribution in [1.29, 1.82) is 0 Å². The van der Waals surface area contributed by atoms with Crippen LogP contribution in [0.2, 0.25) is 0 Å². The minimum absolute atomic E-state index is 0. The number of rotatable bonds is 0. The standard InChI is InChI=1S/C7H15N.ClH/c1-7-5-3-2-4-6-8-7;/h7-8H,2-6H2,1H3;1H. The molecule has 0 spiro atoms. The summed E-state index contributed by atoms with van der Waals surface area (Å²) in [5.74, 6) is 0.